The standard InChI is InChI=1S/C71H103N13O13/c1-42(2)38-51-62(88)79-53(40-46-24-14-12-15-25-46)68(94)84-37-23-32-56(84)65(91)82-58(45(7)8)67(93)76-50(30-21-35-74-70(96)97-71(9,10)11)61(87)78-52(39-43(3)4)63(89)80-54(41-47-26-16-13-17-27-47)69(95)83-36-22-31-55(83)64(90)81-57(44(5)6)66(92)75-49(60(86)77-51)29-20-34-73-59(85)48-28-18-19-33-72-48/h12-19,24-28,33,42-45,49-58H,20-23,29-32,34-41H2,1-11H3,(H,73,85)(H,74,96)(H,75,92)(H,76,93)(H,77,86)(H,78,87)(H,79,88)(H,80,89)(H,81,90)(H,82,91)/t49-,50-,51-,52-,53+,54+,55-,56-,57-,58-/m0/s1. The van der Waals surface area contributed by atoms with Crippen LogP contribution in [0.4, 0.5) is 4.79 Å². The van der Waals surface area contributed by atoms with Crippen LogP contribution >= 0.6 is 0 Å². The number of carbonyl (C=O) groups excluding carboxylic acids is 12. The predicted octanol–water partition coefficient (Wildman–Crippen LogP) is 3.66. The van der Waals surface area contributed by atoms with E-state index in [0.29, 0.717) is 24.0 Å². The number of fused-ring (bicyclic) bond motifs is 2. The summed E-state index contributed by atoms with van der Waals surface area (Å²) in [4.78, 5) is 182. The van der Waals surface area contributed by atoms with Gasteiger partial charge in [0.2, 0.25) is 59.1 Å². The molecule has 530 valence electrons. The molecule has 3 saturated heterocycles. The number of amides is 12. The van der Waals surface area contributed by atoms with E-state index in [1.54, 1.807) is 127 Å². The Bertz CT molecular complexity index is 3180. The van der Waals surface area contributed by atoms with Crippen molar-refractivity contribution in [3.8, 4) is 0 Å². The number of hydrogen-bond acceptors (Lipinski definition) is 14. The third-order valence-electron chi connectivity index (χ3n) is 17.1. The number of nitrogens with one attached hydrogen (secondary N) is 10. The minimum Gasteiger partial charge on any atom is -0.444 e. The lowest BCUT2D eigenvalue weighted by atomic mass is 9.98. The van der Waals surface area contributed by atoms with Crippen molar-refractivity contribution in [1.82, 2.24) is 68.0 Å². The Morgan fingerprint density at radius 3 is 1.25 bits per heavy atom. The van der Waals surface area contributed by atoms with E-state index in [4.69, 9.17) is 4.74 Å². The van der Waals surface area contributed by atoms with Crippen molar-refractivity contribution in [2.45, 2.75) is 219 Å². The summed E-state index contributed by atoms with van der Waals surface area (Å²) in [5, 5.41) is 28.3. The van der Waals surface area contributed by atoms with Crippen LogP contribution in [0.5, 0.6) is 0 Å². The van der Waals surface area contributed by atoms with E-state index in [1.807, 2.05) is 27.7 Å². The third-order valence-corrected chi connectivity index (χ3v) is 17.1. The van der Waals surface area contributed by atoms with E-state index >= 15 is 9.59 Å². The first-order chi connectivity index (χ1) is 46.0. The topological polar surface area (TPSA) is 354 Å². The fraction of sp³-hybridized carbons (Fsp3) is 0.592. The van der Waals surface area contributed by atoms with E-state index in [-0.39, 0.29) is 108 Å². The maximum Gasteiger partial charge on any atom is 0.407 e. The van der Waals surface area contributed by atoms with Gasteiger partial charge in [0.25, 0.3) is 5.91 Å². The van der Waals surface area contributed by atoms with Gasteiger partial charge in [0, 0.05) is 45.2 Å². The average molecular weight is 1350 g/mol. The molecule has 0 unspecified atom stereocenters. The predicted molar refractivity (Wildman–Crippen MR) is 363 cm³/mol. The number of rotatable bonds is 19. The summed E-state index contributed by atoms with van der Waals surface area (Å²) in [5.74, 6) is -9.20. The molecule has 3 aromatic rings. The Balaban J connectivity index is 1.41. The Kier molecular flexibility index (Phi) is 29.3. The molecule has 1 aromatic heterocycles. The monoisotopic (exact) mass is 1350 g/mol. The summed E-state index contributed by atoms with van der Waals surface area (Å²) in [6, 6.07) is 9.98. The smallest absolute Gasteiger partial charge is 0.407 e. The molecule has 6 rings (SSSR count). The van der Waals surface area contributed by atoms with Crippen molar-refractivity contribution < 1.29 is 62.3 Å². The lowest BCUT2D eigenvalue weighted by Gasteiger charge is -2.33. The summed E-state index contributed by atoms with van der Waals surface area (Å²) in [5.41, 5.74) is 0.685. The van der Waals surface area contributed by atoms with Gasteiger partial charge in [0.1, 0.15) is 71.7 Å². The molecular weight excluding hydrogens is 1240 g/mol. The largest absolute Gasteiger partial charge is 0.444 e. The highest BCUT2D eigenvalue weighted by atomic mass is 16.6. The zero-order valence-corrected chi connectivity index (χ0v) is 58.1. The van der Waals surface area contributed by atoms with E-state index in [1.165, 1.54) is 16.0 Å². The van der Waals surface area contributed by atoms with Crippen molar-refractivity contribution in [3.63, 3.8) is 0 Å². The van der Waals surface area contributed by atoms with Gasteiger partial charge in [0.05, 0.1) is 0 Å². The maximum atomic E-state index is 15.2. The lowest BCUT2D eigenvalue weighted by molar-refractivity contribution is -0.143. The molecule has 3 aliphatic rings. The first kappa shape index (κ1) is 77.0. The van der Waals surface area contributed by atoms with Gasteiger partial charge in [-0.25, -0.2) is 4.79 Å². The van der Waals surface area contributed by atoms with Gasteiger partial charge >= 0.3 is 6.09 Å². The first-order valence-electron chi connectivity index (χ1n) is 34.3. The van der Waals surface area contributed by atoms with Crippen LogP contribution in [0.3, 0.4) is 0 Å². The normalized spacial score (nSPS) is 24.2. The molecule has 26 nitrogen and oxygen atoms in total. The molecule has 0 spiro atoms. The van der Waals surface area contributed by atoms with Gasteiger partial charge in [-0.05, 0) is 132 Å². The second kappa shape index (κ2) is 37.0. The SMILES string of the molecule is CC(C)C[C@@H]1NC(=O)[C@H](CCCNC(=O)OC(C)(C)C)NC(=O)[C@H](C(C)C)NC(=O)[C@@H]2CCCN2C(=O)[C@@H](Cc2ccccc2)NC(=O)[C@H](CC(C)C)NC(=O)[C@H](CCCNC(=O)c2ccccn2)NC(=O)[C@H](C(C)C)NC(=O)[C@@H]2CCCN2C(=O)[C@@H](Cc2ccccc2)NC1=O. The molecular formula is C71H103N13O13. The quantitative estimate of drug-likeness (QED) is 0.0767. The number of nitrogens with zero attached hydrogens (tertiary/aromatic N) is 3. The average Bonchev–Trinajstić information content (AvgIpc) is 1.77. The van der Waals surface area contributed by atoms with Crippen molar-refractivity contribution in [2.75, 3.05) is 26.2 Å². The highest BCUT2D eigenvalue weighted by molar-refractivity contribution is 6.00. The number of aromatic nitrogens is 1. The Labute approximate surface area is 570 Å². The molecule has 26 heteroatoms. The second-order valence-corrected chi connectivity index (χ2v) is 28.0. The molecule has 2 aromatic carbocycles. The Morgan fingerprint density at radius 1 is 0.485 bits per heavy atom. The van der Waals surface area contributed by atoms with Crippen LogP contribution in [0.1, 0.15) is 162 Å². The molecule has 10 N–H and O–H groups in total. The molecule has 3 aliphatic heterocycles. The fourth-order valence-corrected chi connectivity index (χ4v) is 12.1. The second-order valence-electron chi connectivity index (χ2n) is 28.0. The number of ether oxygens (including phenoxy) is 1. The van der Waals surface area contributed by atoms with Gasteiger partial charge in [-0.3, -0.25) is 57.7 Å². The molecule has 3 fully saturated rings. The van der Waals surface area contributed by atoms with Crippen LogP contribution in [0.25, 0.3) is 0 Å². The number of hydrogen-bond donors (Lipinski definition) is 10. The Hall–Kier alpha value is -8.97. The van der Waals surface area contributed by atoms with E-state index in [9.17, 15) is 47.9 Å². The summed E-state index contributed by atoms with van der Waals surface area (Å²) in [6.45, 7) is 19.5. The number of pyridine rings is 1. The molecule has 12 amide bonds. The van der Waals surface area contributed by atoms with Crippen molar-refractivity contribution in [2.24, 2.45) is 23.7 Å². The van der Waals surface area contributed by atoms with Crippen molar-refractivity contribution >= 4 is 71.1 Å². The van der Waals surface area contributed by atoms with Gasteiger partial charge in [-0.2, -0.15) is 0 Å². The van der Waals surface area contributed by atoms with Crippen LogP contribution in [-0.2, 0) is 65.5 Å². The molecule has 0 bridgehead atoms. The minimum atomic E-state index is -1.37. The number of carbonyl (C=O) groups is 12. The van der Waals surface area contributed by atoms with Gasteiger partial charge in [0.15, 0.2) is 0 Å². The first-order valence-corrected chi connectivity index (χ1v) is 34.3. The third kappa shape index (κ3) is 24.0. The summed E-state index contributed by atoms with van der Waals surface area (Å²) in [7, 11) is 0. The molecule has 10 atom stereocenters. The zero-order valence-electron chi connectivity index (χ0n) is 58.1. The summed E-state index contributed by atoms with van der Waals surface area (Å²) in [6.07, 6.45) is 2.10. The lowest BCUT2D eigenvalue weighted by Crippen LogP contribution is -2.62. The maximum absolute atomic E-state index is 15.2. The van der Waals surface area contributed by atoms with E-state index in [0.717, 1.165) is 0 Å². The summed E-state index contributed by atoms with van der Waals surface area (Å²) < 4.78 is 5.41. The van der Waals surface area contributed by atoms with E-state index in [2.05, 4.69) is 58.2 Å². The van der Waals surface area contributed by atoms with Crippen molar-refractivity contribution in [1.29, 1.82) is 0 Å². The molecule has 0 radical (unpaired) electrons. The number of alkyl carbamates (subject to hydrolysis) is 1. The van der Waals surface area contributed by atoms with Crippen LogP contribution < -0.4 is 53.2 Å². The minimum absolute atomic E-state index is 0.0152. The molecule has 0 saturated carbocycles. The highest BCUT2D eigenvalue weighted by Crippen LogP contribution is 2.24. The van der Waals surface area contributed by atoms with Gasteiger partial charge in [-0.1, -0.05) is 122 Å². The van der Waals surface area contributed by atoms with Gasteiger partial charge < -0.3 is 67.7 Å². The summed E-state index contributed by atoms with van der Waals surface area (Å²) >= 11 is 0. The van der Waals surface area contributed by atoms with Crippen LogP contribution in [0.15, 0.2) is 85.1 Å². The van der Waals surface area contributed by atoms with Crippen LogP contribution in [-0.4, -0.2) is 178 Å². The van der Waals surface area contributed by atoms with Crippen LogP contribution in [0.2, 0.25) is 0 Å². The molecule has 97 heavy (non-hydrogen) atoms. The number of benzene rings is 2. The molecule has 0 aliphatic carbocycles. The highest BCUT2D eigenvalue weighted by Gasteiger charge is 2.44. The van der Waals surface area contributed by atoms with Gasteiger partial charge in [-0.15, -0.1) is 0 Å². The fourth-order valence-electron chi connectivity index (χ4n) is 12.1. The Morgan fingerprint density at radius 2 is 0.866 bits per heavy atom. The zero-order chi connectivity index (χ0) is 71.1. The van der Waals surface area contributed by atoms with E-state index < -0.39 is 149 Å². The van der Waals surface area contributed by atoms with Crippen LogP contribution in [0, 0.1) is 23.7 Å². The van der Waals surface area contributed by atoms with Crippen molar-refractivity contribution in [3.05, 3.63) is 102 Å². The molecule has 4 heterocycles.